The number of nitrogens with zero attached hydrogens (tertiary/aromatic N) is 2. The molecule has 1 aliphatic heterocycles. The van der Waals surface area contributed by atoms with E-state index in [2.05, 4.69) is 11.4 Å². The van der Waals surface area contributed by atoms with E-state index in [1.54, 1.807) is 12.1 Å². The number of hydrogen-bond donors (Lipinski definition) is 1. The van der Waals surface area contributed by atoms with Gasteiger partial charge in [0.2, 0.25) is 5.91 Å². The third-order valence-corrected chi connectivity index (χ3v) is 5.99. The summed E-state index contributed by atoms with van der Waals surface area (Å²) in [4.78, 5) is 28.2. The van der Waals surface area contributed by atoms with Gasteiger partial charge < -0.3 is 24.3 Å². The zero-order chi connectivity index (χ0) is 22.7. The summed E-state index contributed by atoms with van der Waals surface area (Å²) in [6, 6.07) is 13.3. The van der Waals surface area contributed by atoms with Crippen molar-refractivity contribution in [1.82, 2.24) is 9.47 Å². The number of para-hydroxylation sites is 1. The van der Waals surface area contributed by atoms with Crippen molar-refractivity contribution in [3.05, 3.63) is 53.7 Å². The number of anilines is 1. The van der Waals surface area contributed by atoms with Crippen molar-refractivity contribution in [2.75, 3.05) is 32.6 Å². The molecule has 1 aliphatic rings. The number of benzene rings is 2. The first kappa shape index (κ1) is 21.7. The van der Waals surface area contributed by atoms with E-state index in [9.17, 15) is 9.59 Å². The highest BCUT2D eigenvalue weighted by atomic mass is 16.5. The van der Waals surface area contributed by atoms with Crippen LogP contribution in [0.5, 0.6) is 11.5 Å². The van der Waals surface area contributed by atoms with Gasteiger partial charge in [-0.25, -0.2) is 0 Å². The second-order valence-corrected chi connectivity index (χ2v) is 8.08. The van der Waals surface area contributed by atoms with E-state index in [0.717, 1.165) is 48.9 Å². The average molecular weight is 436 g/mol. The number of hydrogen-bond acceptors (Lipinski definition) is 4. The quantitative estimate of drug-likeness (QED) is 0.629. The fourth-order valence-electron chi connectivity index (χ4n) is 4.32. The second kappa shape index (κ2) is 9.34. The molecule has 0 atom stereocenters. The molecule has 3 aromatic rings. The van der Waals surface area contributed by atoms with Gasteiger partial charge in [0, 0.05) is 30.4 Å². The number of aryl methyl sites for hydroxylation is 1. The number of rotatable bonds is 6. The Labute approximate surface area is 187 Å². The number of methoxy groups -OCH3 is 2. The summed E-state index contributed by atoms with van der Waals surface area (Å²) in [5.41, 5.74) is 2.83. The van der Waals surface area contributed by atoms with E-state index in [0.29, 0.717) is 22.7 Å². The van der Waals surface area contributed by atoms with Crippen molar-refractivity contribution < 1.29 is 19.1 Å². The molecule has 7 heteroatoms. The number of likely N-dealkylation sites (tertiary alicyclic amines) is 1. The van der Waals surface area contributed by atoms with E-state index in [-0.39, 0.29) is 18.4 Å². The van der Waals surface area contributed by atoms with Crippen LogP contribution in [-0.4, -0.2) is 48.6 Å². The van der Waals surface area contributed by atoms with Gasteiger partial charge in [0.25, 0.3) is 5.91 Å². The van der Waals surface area contributed by atoms with Crippen molar-refractivity contribution >= 4 is 28.4 Å². The first-order chi connectivity index (χ1) is 15.5. The van der Waals surface area contributed by atoms with Gasteiger partial charge in [0.05, 0.1) is 25.5 Å². The summed E-state index contributed by atoms with van der Waals surface area (Å²) >= 11 is 0. The summed E-state index contributed by atoms with van der Waals surface area (Å²) in [5, 5.41) is 4.03. The van der Waals surface area contributed by atoms with Gasteiger partial charge in [-0.2, -0.15) is 0 Å². The molecule has 2 aromatic carbocycles. The molecule has 2 heterocycles. The Hall–Kier alpha value is -3.48. The lowest BCUT2D eigenvalue weighted by Crippen LogP contribution is -2.36. The molecule has 2 amide bonds. The Bertz CT molecular complexity index is 1150. The Balaban J connectivity index is 1.64. The van der Waals surface area contributed by atoms with Crippen LogP contribution in [0, 0.1) is 6.92 Å². The number of ether oxygens (including phenoxy) is 2. The Morgan fingerprint density at radius 2 is 1.66 bits per heavy atom. The van der Waals surface area contributed by atoms with Gasteiger partial charge in [0.15, 0.2) is 11.5 Å². The van der Waals surface area contributed by atoms with Crippen LogP contribution in [0.15, 0.2) is 42.5 Å². The third kappa shape index (κ3) is 4.28. The van der Waals surface area contributed by atoms with Crippen LogP contribution < -0.4 is 14.8 Å². The number of nitrogens with one attached hydrogen (secondary N) is 1. The van der Waals surface area contributed by atoms with Crippen molar-refractivity contribution in [2.45, 2.75) is 32.7 Å². The maximum atomic E-state index is 13.3. The molecule has 1 fully saturated rings. The van der Waals surface area contributed by atoms with Crippen molar-refractivity contribution in [2.24, 2.45) is 0 Å². The molecular formula is C25H29N3O4. The van der Waals surface area contributed by atoms with Crippen LogP contribution >= 0.6 is 0 Å². The molecule has 4 rings (SSSR count). The number of carbonyl (C=O) groups is 2. The molecule has 0 unspecified atom stereocenters. The molecule has 0 radical (unpaired) electrons. The van der Waals surface area contributed by atoms with Crippen molar-refractivity contribution in [3.8, 4) is 11.5 Å². The smallest absolute Gasteiger partial charge is 0.256 e. The van der Waals surface area contributed by atoms with E-state index in [4.69, 9.17) is 9.47 Å². The van der Waals surface area contributed by atoms with Crippen molar-refractivity contribution in [1.29, 1.82) is 0 Å². The van der Waals surface area contributed by atoms with E-state index < -0.39 is 0 Å². The van der Waals surface area contributed by atoms with Crippen LogP contribution in [0.1, 0.15) is 35.3 Å². The van der Waals surface area contributed by atoms with Gasteiger partial charge in [-0.05, 0) is 49.8 Å². The minimum atomic E-state index is -0.214. The normalized spacial score (nSPS) is 13.8. The fraction of sp³-hybridized carbons (Fsp3) is 0.360. The Morgan fingerprint density at radius 3 is 2.38 bits per heavy atom. The molecule has 7 nitrogen and oxygen atoms in total. The van der Waals surface area contributed by atoms with Crippen LogP contribution in [0.2, 0.25) is 0 Å². The second-order valence-electron chi connectivity index (χ2n) is 8.08. The van der Waals surface area contributed by atoms with Crippen LogP contribution in [0.25, 0.3) is 10.9 Å². The number of carbonyl (C=O) groups excluding carboxylic acids is 2. The zero-order valence-corrected chi connectivity index (χ0v) is 18.8. The SMILES string of the molecule is COc1cc(NC(=O)Cn2c(C)cc3ccccc32)c(C(=O)N2CCCCC2)cc1OC. The van der Waals surface area contributed by atoms with E-state index >= 15 is 0 Å². The van der Waals surface area contributed by atoms with Crippen LogP contribution in [0.3, 0.4) is 0 Å². The Morgan fingerprint density at radius 1 is 0.969 bits per heavy atom. The number of fused-ring (bicyclic) bond motifs is 1. The maximum absolute atomic E-state index is 13.3. The molecule has 1 saturated heterocycles. The van der Waals surface area contributed by atoms with Crippen molar-refractivity contribution in [3.63, 3.8) is 0 Å². The molecule has 1 N–H and O–H groups in total. The fourth-order valence-corrected chi connectivity index (χ4v) is 4.32. The largest absolute Gasteiger partial charge is 0.493 e. The summed E-state index contributed by atoms with van der Waals surface area (Å²) in [7, 11) is 3.07. The van der Waals surface area contributed by atoms with Gasteiger partial charge >= 0.3 is 0 Å². The van der Waals surface area contributed by atoms with Gasteiger partial charge in [-0.15, -0.1) is 0 Å². The topological polar surface area (TPSA) is 72.8 Å². The monoisotopic (exact) mass is 435 g/mol. The summed E-state index contributed by atoms with van der Waals surface area (Å²) in [6.07, 6.45) is 3.10. The van der Waals surface area contributed by atoms with Gasteiger partial charge in [-0.3, -0.25) is 9.59 Å². The first-order valence-electron chi connectivity index (χ1n) is 10.9. The highest BCUT2D eigenvalue weighted by Gasteiger charge is 2.24. The minimum Gasteiger partial charge on any atom is -0.493 e. The molecule has 0 bridgehead atoms. The Kier molecular flexibility index (Phi) is 6.35. The van der Waals surface area contributed by atoms with Crippen LogP contribution in [-0.2, 0) is 11.3 Å². The average Bonchev–Trinajstić information content (AvgIpc) is 3.13. The predicted octanol–water partition coefficient (Wildman–Crippen LogP) is 4.23. The lowest BCUT2D eigenvalue weighted by Gasteiger charge is -2.28. The number of amides is 2. The highest BCUT2D eigenvalue weighted by Crippen LogP contribution is 2.34. The molecule has 0 aliphatic carbocycles. The van der Waals surface area contributed by atoms with E-state index in [1.807, 2.05) is 40.7 Å². The molecule has 32 heavy (non-hydrogen) atoms. The molecule has 168 valence electrons. The maximum Gasteiger partial charge on any atom is 0.256 e. The molecule has 0 spiro atoms. The minimum absolute atomic E-state index is 0.108. The van der Waals surface area contributed by atoms with Gasteiger partial charge in [-0.1, -0.05) is 18.2 Å². The highest BCUT2D eigenvalue weighted by molar-refractivity contribution is 6.05. The lowest BCUT2D eigenvalue weighted by molar-refractivity contribution is -0.116. The lowest BCUT2D eigenvalue weighted by atomic mass is 10.1. The first-order valence-corrected chi connectivity index (χ1v) is 10.9. The summed E-state index contributed by atoms with van der Waals surface area (Å²) in [6.45, 7) is 3.56. The number of aromatic nitrogens is 1. The molecular weight excluding hydrogens is 406 g/mol. The molecule has 1 aromatic heterocycles. The standard InChI is InChI=1S/C25H29N3O4/c1-17-13-18-9-5-6-10-21(18)28(17)16-24(29)26-20-15-23(32-3)22(31-2)14-19(20)25(30)27-11-7-4-8-12-27/h5-6,9-10,13-15H,4,7-8,11-12,16H2,1-3H3,(H,26,29). The zero-order valence-electron chi connectivity index (χ0n) is 18.8. The molecule has 0 saturated carbocycles. The third-order valence-electron chi connectivity index (χ3n) is 5.99. The summed E-state index contributed by atoms with van der Waals surface area (Å²) < 4.78 is 12.8. The predicted molar refractivity (Wildman–Crippen MR) is 125 cm³/mol. The number of piperidine rings is 1. The van der Waals surface area contributed by atoms with E-state index in [1.165, 1.54) is 14.2 Å². The summed E-state index contributed by atoms with van der Waals surface area (Å²) in [5.74, 6) is 0.594. The van der Waals surface area contributed by atoms with Crippen LogP contribution in [0.4, 0.5) is 5.69 Å². The van der Waals surface area contributed by atoms with Gasteiger partial charge in [0.1, 0.15) is 6.54 Å².